The number of nitrogens with zero attached hydrogens (tertiary/aromatic N) is 2. The molecule has 130 valence electrons. The molecule has 1 aromatic carbocycles. The first-order chi connectivity index (χ1) is 12.0. The lowest BCUT2D eigenvalue weighted by Gasteiger charge is -2.14. The molecule has 0 fully saturated rings. The third-order valence-corrected chi connectivity index (χ3v) is 3.89. The molecule has 0 saturated heterocycles. The minimum Gasteiger partial charge on any atom is -0.477 e. The van der Waals surface area contributed by atoms with Crippen molar-refractivity contribution in [3.63, 3.8) is 0 Å². The summed E-state index contributed by atoms with van der Waals surface area (Å²) in [6.45, 7) is 0. The first kappa shape index (κ1) is 16.9. The quantitative estimate of drug-likeness (QED) is 0.692. The van der Waals surface area contributed by atoms with Gasteiger partial charge in [-0.2, -0.15) is 0 Å². The highest BCUT2D eigenvalue weighted by atomic mass is 16.7. The first-order valence-electron chi connectivity index (χ1n) is 7.56. The van der Waals surface area contributed by atoms with E-state index in [1.54, 1.807) is 42.1 Å². The Bertz CT molecular complexity index is 915. The molecule has 3 rings (SSSR count). The van der Waals surface area contributed by atoms with Gasteiger partial charge in [0.15, 0.2) is 5.75 Å². The Morgan fingerprint density at radius 3 is 2.64 bits per heavy atom. The first-order valence-corrected chi connectivity index (χ1v) is 7.56. The zero-order chi connectivity index (χ0) is 18.0. The SMILES string of the molecule is COC(OC)c1cc(Oc2cccc3cc(C(=O)O)n(C)c23)ccn1. The fourth-order valence-electron chi connectivity index (χ4n) is 2.75. The Hall–Kier alpha value is -2.90. The number of hydrogen-bond donors (Lipinski definition) is 1. The standard InChI is InChI=1S/C18H18N2O5/c1-20-14(17(21)22)9-11-5-4-6-15(16(11)20)25-12-7-8-19-13(10-12)18(23-2)24-3/h4-10,18H,1-3H3,(H,21,22). The molecule has 7 nitrogen and oxygen atoms in total. The maximum atomic E-state index is 11.3. The summed E-state index contributed by atoms with van der Waals surface area (Å²) < 4.78 is 18.0. The number of fused-ring (bicyclic) bond motifs is 1. The zero-order valence-electron chi connectivity index (χ0n) is 14.1. The van der Waals surface area contributed by atoms with Gasteiger partial charge in [0.25, 0.3) is 0 Å². The fraction of sp³-hybridized carbons (Fsp3) is 0.222. The van der Waals surface area contributed by atoms with Crippen molar-refractivity contribution in [1.29, 1.82) is 0 Å². The van der Waals surface area contributed by atoms with Crippen LogP contribution in [0.4, 0.5) is 0 Å². The van der Waals surface area contributed by atoms with Crippen LogP contribution in [0.5, 0.6) is 11.5 Å². The van der Waals surface area contributed by atoms with Crippen LogP contribution < -0.4 is 4.74 Å². The molecule has 2 heterocycles. The van der Waals surface area contributed by atoms with Crippen molar-refractivity contribution in [2.75, 3.05) is 14.2 Å². The number of carboxylic acid groups (broad SMARTS) is 1. The van der Waals surface area contributed by atoms with Crippen LogP contribution >= 0.6 is 0 Å². The Morgan fingerprint density at radius 1 is 1.20 bits per heavy atom. The van der Waals surface area contributed by atoms with Crippen molar-refractivity contribution in [3.05, 3.63) is 54.0 Å². The summed E-state index contributed by atoms with van der Waals surface area (Å²) in [6.07, 6.45) is 1.01. The van der Waals surface area contributed by atoms with Crippen LogP contribution in [0.2, 0.25) is 0 Å². The van der Waals surface area contributed by atoms with E-state index in [1.165, 1.54) is 14.2 Å². The molecular weight excluding hydrogens is 324 g/mol. The molecule has 0 aliphatic heterocycles. The van der Waals surface area contributed by atoms with Crippen LogP contribution in [0, 0.1) is 0 Å². The number of pyridine rings is 1. The minimum absolute atomic E-state index is 0.195. The molecule has 0 unspecified atom stereocenters. The van der Waals surface area contributed by atoms with Gasteiger partial charge in [-0.1, -0.05) is 12.1 Å². The van der Waals surface area contributed by atoms with Crippen LogP contribution in [-0.2, 0) is 16.5 Å². The van der Waals surface area contributed by atoms with E-state index in [4.69, 9.17) is 14.2 Å². The number of benzene rings is 1. The number of carbonyl (C=O) groups is 1. The van der Waals surface area contributed by atoms with Crippen LogP contribution in [0.25, 0.3) is 10.9 Å². The number of rotatable bonds is 6. The summed E-state index contributed by atoms with van der Waals surface area (Å²) in [5, 5.41) is 10.1. The molecule has 0 bridgehead atoms. The fourth-order valence-corrected chi connectivity index (χ4v) is 2.75. The molecule has 7 heteroatoms. The van der Waals surface area contributed by atoms with Gasteiger partial charge in [-0.15, -0.1) is 0 Å². The van der Waals surface area contributed by atoms with Gasteiger partial charge in [-0.25, -0.2) is 4.79 Å². The van der Waals surface area contributed by atoms with E-state index in [-0.39, 0.29) is 5.69 Å². The smallest absolute Gasteiger partial charge is 0.352 e. The highest BCUT2D eigenvalue weighted by Gasteiger charge is 2.16. The van der Waals surface area contributed by atoms with E-state index in [9.17, 15) is 9.90 Å². The third-order valence-electron chi connectivity index (χ3n) is 3.89. The highest BCUT2D eigenvalue weighted by molar-refractivity contribution is 5.96. The van der Waals surface area contributed by atoms with Crippen LogP contribution in [0.3, 0.4) is 0 Å². The van der Waals surface area contributed by atoms with E-state index in [0.29, 0.717) is 22.7 Å². The molecule has 0 amide bonds. The average Bonchev–Trinajstić information content (AvgIpc) is 2.95. The number of methoxy groups -OCH3 is 2. The minimum atomic E-state index is -0.987. The second kappa shape index (κ2) is 6.92. The lowest BCUT2D eigenvalue weighted by molar-refractivity contribution is -0.108. The van der Waals surface area contributed by atoms with Gasteiger partial charge >= 0.3 is 5.97 Å². The summed E-state index contributed by atoms with van der Waals surface area (Å²) >= 11 is 0. The summed E-state index contributed by atoms with van der Waals surface area (Å²) in [4.78, 5) is 15.6. The van der Waals surface area contributed by atoms with Crippen molar-refractivity contribution < 1.29 is 24.1 Å². The van der Waals surface area contributed by atoms with Crippen molar-refractivity contribution in [1.82, 2.24) is 9.55 Å². The number of hydrogen-bond acceptors (Lipinski definition) is 5. The summed E-state index contributed by atoms with van der Waals surface area (Å²) in [6, 6.07) is 10.5. The van der Waals surface area contributed by atoms with Gasteiger partial charge in [0, 0.05) is 38.9 Å². The molecule has 1 N–H and O–H groups in total. The van der Waals surface area contributed by atoms with Crippen LogP contribution in [0.1, 0.15) is 22.5 Å². The third kappa shape index (κ3) is 3.19. The number of aryl methyl sites for hydroxylation is 1. The summed E-state index contributed by atoms with van der Waals surface area (Å²) in [5.41, 5.74) is 1.47. The number of para-hydroxylation sites is 1. The van der Waals surface area contributed by atoms with Crippen molar-refractivity contribution in [3.8, 4) is 11.5 Å². The van der Waals surface area contributed by atoms with Gasteiger partial charge in [0.05, 0.1) is 11.2 Å². The normalized spacial score (nSPS) is 11.2. The molecule has 3 aromatic rings. The Labute approximate surface area is 144 Å². The predicted octanol–water partition coefficient (Wildman–Crippen LogP) is 3.36. The van der Waals surface area contributed by atoms with E-state index >= 15 is 0 Å². The molecule has 0 aliphatic carbocycles. The van der Waals surface area contributed by atoms with Crippen molar-refractivity contribution >= 4 is 16.9 Å². The van der Waals surface area contributed by atoms with Gasteiger partial charge in [-0.3, -0.25) is 4.98 Å². The van der Waals surface area contributed by atoms with Gasteiger partial charge < -0.3 is 23.9 Å². The average molecular weight is 342 g/mol. The molecule has 25 heavy (non-hydrogen) atoms. The largest absolute Gasteiger partial charge is 0.477 e. The second-order valence-corrected chi connectivity index (χ2v) is 5.41. The number of carboxylic acids is 1. The van der Waals surface area contributed by atoms with E-state index in [2.05, 4.69) is 4.98 Å². The lowest BCUT2D eigenvalue weighted by Crippen LogP contribution is -2.06. The molecule has 0 atom stereocenters. The predicted molar refractivity (Wildman–Crippen MR) is 90.9 cm³/mol. The lowest BCUT2D eigenvalue weighted by atomic mass is 10.2. The molecule has 2 aromatic heterocycles. The monoisotopic (exact) mass is 342 g/mol. The molecule has 0 spiro atoms. The van der Waals surface area contributed by atoms with Crippen molar-refractivity contribution in [2.45, 2.75) is 6.29 Å². The van der Waals surface area contributed by atoms with E-state index < -0.39 is 12.3 Å². The summed E-state index contributed by atoms with van der Waals surface area (Å²) in [5.74, 6) is 0.115. The Morgan fingerprint density at radius 2 is 1.96 bits per heavy atom. The van der Waals surface area contributed by atoms with Crippen LogP contribution in [0.15, 0.2) is 42.6 Å². The van der Waals surface area contributed by atoms with Gasteiger partial charge in [0.2, 0.25) is 6.29 Å². The van der Waals surface area contributed by atoms with E-state index in [0.717, 1.165) is 5.39 Å². The summed E-state index contributed by atoms with van der Waals surface area (Å²) in [7, 11) is 4.76. The maximum Gasteiger partial charge on any atom is 0.352 e. The van der Waals surface area contributed by atoms with Gasteiger partial charge in [0.1, 0.15) is 11.4 Å². The second-order valence-electron chi connectivity index (χ2n) is 5.41. The highest BCUT2D eigenvalue weighted by Crippen LogP contribution is 2.32. The number of ether oxygens (including phenoxy) is 3. The van der Waals surface area contributed by atoms with E-state index in [1.807, 2.05) is 12.1 Å². The molecule has 0 radical (unpaired) electrons. The number of aromatic carboxylic acids is 1. The van der Waals surface area contributed by atoms with Gasteiger partial charge in [-0.05, 0) is 18.2 Å². The molecule has 0 saturated carbocycles. The number of aromatic nitrogens is 2. The Balaban J connectivity index is 2.01. The zero-order valence-corrected chi connectivity index (χ0v) is 14.1. The molecular formula is C18H18N2O5. The van der Waals surface area contributed by atoms with Crippen molar-refractivity contribution in [2.24, 2.45) is 7.05 Å². The topological polar surface area (TPSA) is 82.8 Å². The van der Waals surface area contributed by atoms with Crippen LogP contribution in [-0.4, -0.2) is 34.8 Å². The molecule has 0 aliphatic rings. The maximum absolute atomic E-state index is 11.3. The Kier molecular flexibility index (Phi) is 4.69.